The van der Waals surface area contributed by atoms with E-state index in [1.807, 2.05) is 0 Å². The molecule has 0 unspecified atom stereocenters. The van der Waals surface area contributed by atoms with Crippen LogP contribution in [0.1, 0.15) is 37.6 Å². The van der Waals surface area contributed by atoms with E-state index in [4.69, 9.17) is 0 Å². The van der Waals surface area contributed by atoms with E-state index in [1.54, 1.807) is 17.0 Å². The fraction of sp³-hybridized carbons (Fsp3) is 0.438. The number of amides is 1. The summed E-state index contributed by atoms with van der Waals surface area (Å²) in [7, 11) is 0. The normalized spacial score (nSPS) is 16.1. The summed E-state index contributed by atoms with van der Waals surface area (Å²) in [5.41, 5.74) is 1.62. The molecule has 2 rings (SSSR count). The van der Waals surface area contributed by atoms with Gasteiger partial charge in [-0.15, -0.1) is 0 Å². The zero-order chi connectivity index (χ0) is 14.9. The van der Waals surface area contributed by atoms with Gasteiger partial charge in [0.15, 0.2) is 0 Å². The lowest BCUT2D eigenvalue weighted by Crippen LogP contribution is -2.36. The summed E-state index contributed by atoms with van der Waals surface area (Å²) < 4.78 is 14.3. The van der Waals surface area contributed by atoms with Crippen LogP contribution in [0.3, 0.4) is 0 Å². The first-order valence-corrected chi connectivity index (χ1v) is 7.53. The van der Waals surface area contributed by atoms with Gasteiger partial charge in [-0.05, 0) is 39.9 Å². The molecule has 0 bridgehead atoms. The van der Waals surface area contributed by atoms with Crippen LogP contribution in [-0.2, 0) is 0 Å². The Morgan fingerprint density at radius 2 is 2.05 bits per heavy atom. The van der Waals surface area contributed by atoms with E-state index in [0.29, 0.717) is 17.6 Å². The van der Waals surface area contributed by atoms with E-state index in [2.05, 4.69) is 42.8 Å². The number of halogens is 2. The number of hydrogen-bond donors (Lipinski definition) is 0. The van der Waals surface area contributed by atoms with Crippen molar-refractivity contribution in [2.24, 2.45) is 5.41 Å². The molecule has 0 atom stereocenters. The minimum absolute atomic E-state index is 0.131. The summed E-state index contributed by atoms with van der Waals surface area (Å²) in [4.78, 5) is 14.1. The molecule has 4 heteroatoms. The second-order valence-corrected chi connectivity index (χ2v) is 6.94. The maximum Gasteiger partial charge on any atom is 0.257 e. The highest BCUT2D eigenvalue weighted by Crippen LogP contribution is 2.30. The van der Waals surface area contributed by atoms with Crippen LogP contribution in [0.25, 0.3) is 0 Å². The van der Waals surface area contributed by atoms with Crippen molar-refractivity contribution >= 4 is 21.8 Å². The average Bonchev–Trinajstić information content (AvgIpc) is 2.40. The maximum absolute atomic E-state index is 14.0. The third-order valence-electron chi connectivity index (χ3n) is 3.64. The number of carbonyl (C=O) groups excluding carboxylic acids is 1. The maximum atomic E-state index is 14.0. The SMILES string of the molecule is CC(C)(C)C1=CCN(C(=O)c2cccc(Br)c2F)CC1. The number of rotatable bonds is 1. The number of nitrogens with zero attached hydrogens (tertiary/aromatic N) is 1. The molecule has 0 saturated heterocycles. The third-order valence-corrected chi connectivity index (χ3v) is 4.25. The van der Waals surface area contributed by atoms with Crippen LogP contribution in [-0.4, -0.2) is 23.9 Å². The highest BCUT2D eigenvalue weighted by molar-refractivity contribution is 9.10. The monoisotopic (exact) mass is 339 g/mol. The lowest BCUT2D eigenvalue weighted by atomic mass is 9.83. The summed E-state index contributed by atoms with van der Waals surface area (Å²) in [5.74, 6) is -0.726. The van der Waals surface area contributed by atoms with Gasteiger partial charge in [-0.2, -0.15) is 0 Å². The van der Waals surface area contributed by atoms with Gasteiger partial charge in [0.25, 0.3) is 5.91 Å². The van der Waals surface area contributed by atoms with Crippen molar-refractivity contribution in [3.8, 4) is 0 Å². The zero-order valence-corrected chi connectivity index (χ0v) is 13.6. The Morgan fingerprint density at radius 1 is 1.35 bits per heavy atom. The molecule has 108 valence electrons. The van der Waals surface area contributed by atoms with E-state index in [0.717, 1.165) is 6.42 Å². The van der Waals surface area contributed by atoms with Gasteiger partial charge < -0.3 is 4.90 Å². The lowest BCUT2D eigenvalue weighted by Gasteiger charge is -2.32. The van der Waals surface area contributed by atoms with Gasteiger partial charge in [-0.1, -0.05) is 38.5 Å². The molecule has 1 aromatic carbocycles. The summed E-state index contributed by atoms with van der Waals surface area (Å²) in [6.45, 7) is 7.71. The van der Waals surface area contributed by atoms with Crippen molar-refractivity contribution in [2.45, 2.75) is 27.2 Å². The quantitative estimate of drug-likeness (QED) is 0.694. The fourth-order valence-electron chi connectivity index (χ4n) is 2.37. The molecule has 0 spiro atoms. The lowest BCUT2D eigenvalue weighted by molar-refractivity contribution is 0.0760. The third kappa shape index (κ3) is 3.11. The molecule has 0 fully saturated rings. The Kier molecular flexibility index (Phi) is 4.33. The molecule has 0 radical (unpaired) electrons. The van der Waals surface area contributed by atoms with Gasteiger partial charge in [-0.25, -0.2) is 4.39 Å². The van der Waals surface area contributed by atoms with Crippen LogP contribution in [0, 0.1) is 11.2 Å². The highest BCUT2D eigenvalue weighted by atomic mass is 79.9. The van der Waals surface area contributed by atoms with Gasteiger partial charge >= 0.3 is 0 Å². The van der Waals surface area contributed by atoms with Crippen LogP contribution in [0.5, 0.6) is 0 Å². The molecule has 0 saturated carbocycles. The van der Waals surface area contributed by atoms with Gasteiger partial charge in [-0.3, -0.25) is 4.79 Å². The van der Waals surface area contributed by atoms with E-state index in [9.17, 15) is 9.18 Å². The number of benzene rings is 1. The molecule has 0 N–H and O–H groups in total. The molecule has 2 nitrogen and oxygen atoms in total. The Labute approximate surface area is 127 Å². The predicted octanol–water partition coefficient (Wildman–Crippen LogP) is 4.41. The standard InChI is InChI=1S/C16H19BrFNO/c1-16(2,3)11-7-9-19(10-8-11)15(20)12-5-4-6-13(17)14(12)18/h4-7H,8-10H2,1-3H3. The Hall–Kier alpha value is -1.16. The topological polar surface area (TPSA) is 20.3 Å². The smallest absolute Gasteiger partial charge is 0.257 e. The average molecular weight is 340 g/mol. The summed E-state index contributed by atoms with van der Waals surface area (Å²) in [6.07, 6.45) is 2.95. The van der Waals surface area contributed by atoms with Crippen LogP contribution in [0.4, 0.5) is 4.39 Å². The van der Waals surface area contributed by atoms with Crippen molar-refractivity contribution in [1.29, 1.82) is 0 Å². The van der Waals surface area contributed by atoms with Crippen LogP contribution >= 0.6 is 15.9 Å². The van der Waals surface area contributed by atoms with Gasteiger partial charge in [0.2, 0.25) is 0 Å². The zero-order valence-electron chi connectivity index (χ0n) is 12.0. The largest absolute Gasteiger partial charge is 0.335 e. The van der Waals surface area contributed by atoms with E-state index < -0.39 is 5.82 Å². The van der Waals surface area contributed by atoms with Gasteiger partial charge in [0.1, 0.15) is 5.82 Å². The molecular formula is C16H19BrFNO. The minimum Gasteiger partial charge on any atom is -0.335 e. The van der Waals surface area contributed by atoms with Crippen LogP contribution in [0.2, 0.25) is 0 Å². The number of carbonyl (C=O) groups is 1. The second kappa shape index (κ2) is 5.68. The van der Waals surface area contributed by atoms with E-state index >= 15 is 0 Å². The summed E-state index contributed by atoms with van der Waals surface area (Å²) in [6, 6.07) is 4.81. The minimum atomic E-state index is -0.483. The van der Waals surface area contributed by atoms with E-state index in [-0.39, 0.29) is 16.9 Å². The van der Waals surface area contributed by atoms with Crippen molar-refractivity contribution < 1.29 is 9.18 Å². The van der Waals surface area contributed by atoms with Crippen molar-refractivity contribution in [3.63, 3.8) is 0 Å². The van der Waals surface area contributed by atoms with Gasteiger partial charge in [0, 0.05) is 13.1 Å². The molecule has 1 aliphatic heterocycles. The van der Waals surface area contributed by atoms with Gasteiger partial charge in [0.05, 0.1) is 10.0 Å². The Morgan fingerprint density at radius 3 is 2.60 bits per heavy atom. The number of hydrogen-bond acceptors (Lipinski definition) is 1. The first-order valence-electron chi connectivity index (χ1n) is 6.73. The molecule has 20 heavy (non-hydrogen) atoms. The Bertz CT molecular complexity index is 560. The second-order valence-electron chi connectivity index (χ2n) is 6.08. The van der Waals surface area contributed by atoms with Crippen LogP contribution in [0.15, 0.2) is 34.3 Å². The predicted molar refractivity (Wildman–Crippen MR) is 82.2 cm³/mol. The first kappa shape index (κ1) is 15.2. The van der Waals surface area contributed by atoms with Crippen molar-refractivity contribution in [1.82, 2.24) is 4.90 Å². The highest BCUT2D eigenvalue weighted by Gasteiger charge is 2.25. The molecule has 1 aliphatic rings. The van der Waals surface area contributed by atoms with Crippen molar-refractivity contribution in [3.05, 3.63) is 45.7 Å². The fourth-order valence-corrected chi connectivity index (χ4v) is 2.74. The molecular weight excluding hydrogens is 321 g/mol. The summed E-state index contributed by atoms with van der Waals surface area (Å²) in [5, 5.41) is 0. The van der Waals surface area contributed by atoms with Crippen LogP contribution < -0.4 is 0 Å². The first-order chi connectivity index (χ1) is 9.30. The molecule has 0 aromatic heterocycles. The molecule has 1 aromatic rings. The van der Waals surface area contributed by atoms with Crippen molar-refractivity contribution in [2.75, 3.05) is 13.1 Å². The molecule has 1 amide bonds. The summed E-state index contributed by atoms with van der Waals surface area (Å²) >= 11 is 3.12. The molecule has 1 heterocycles. The molecule has 0 aliphatic carbocycles. The van der Waals surface area contributed by atoms with E-state index in [1.165, 1.54) is 11.6 Å². The Balaban J connectivity index is 2.17.